The van der Waals surface area contributed by atoms with Crippen molar-refractivity contribution < 1.29 is 17.9 Å². The predicted octanol–water partition coefficient (Wildman–Crippen LogP) is 2.92. The van der Waals surface area contributed by atoms with E-state index in [1.54, 1.807) is 6.07 Å². The number of hydrogen-bond donors (Lipinski definition) is 3. The second kappa shape index (κ2) is 5.70. The maximum atomic E-state index is 12.2. The largest absolute Gasteiger partial charge is 0.573 e. The third-order valence-corrected chi connectivity index (χ3v) is 2.39. The Kier molecular flexibility index (Phi) is 3.97. The molecule has 0 atom stereocenters. The Balaban J connectivity index is 2.22. The summed E-state index contributed by atoms with van der Waals surface area (Å²) < 4.78 is 40.4. The van der Waals surface area contributed by atoms with Gasteiger partial charge in [0, 0.05) is 5.56 Å². The molecule has 21 heavy (non-hydrogen) atoms. The van der Waals surface area contributed by atoms with Crippen LogP contribution in [0.25, 0.3) is 17.3 Å². The van der Waals surface area contributed by atoms with E-state index in [1.807, 2.05) is 0 Å². The SMILES string of the molecule is N=C(N)/C=C\c1ncc(-c2cccc(OC(F)(F)F)c2)[nH]1. The lowest BCUT2D eigenvalue weighted by Gasteiger charge is -2.09. The van der Waals surface area contributed by atoms with Crippen LogP contribution >= 0.6 is 0 Å². The van der Waals surface area contributed by atoms with Crippen molar-refractivity contribution in [3.8, 4) is 17.0 Å². The summed E-state index contributed by atoms with van der Waals surface area (Å²) in [7, 11) is 0. The first kappa shape index (κ1) is 14.6. The molecule has 0 saturated heterocycles. The topological polar surface area (TPSA) is 87.8 Å². The molecule has 5 nitrogen and oxygen atoms in total. The fraction of sp³-hybridized carbons (Fsp3) is 0.0769. The Labute approximate surface area is 117 Å². The lowest BCUT2D eigenvalue weighted by atomic mass is 10.1. The zero-order valence-electron chi connectivity index (χ0n) is 10.6. The van der Waals surface area contributed by atoms with E-state index in [1.165, 1.54) is 36.5 Å². The van der Waals surface area contributed by atoms with Gasteiger partial charge in [-0.05, 0) is 24.3 Å². The highest BCUT2D eigenvalue weighted by Gasteiger charge is 2.31. The second-order valence-electron chi connectivity index (χ2n) is 4.05. The number of imidazole rings is 1. The van der Waals surface area contributed by atoms with Gasteiger partial charge in [0.25, 0.3) is 0 Å². The van der Waals surface area contributed by atoms with Gasteiger partial charge in [0.15, 0.2) is 0 Å². The maximum Gasteiger partial charge on any atom is 0.573 e. The first-order valence-electron chi connectivity index (χ1n) is 5.77. The molecule has 0 radical (unpaired) electrons. The molecule has 0 fully saturated rings. The standard InChI is InChI=1S/C13H11F3N4O/c14-13(15,16)21-9-3-1-2-8(6-9)10-7-19-12(20-10)5-4-11(17)18/h1-7H,(H3,17,18)(H,19,20)/b5-4-. The molecule has 4 N–H and O–H groups in total. The fourth-order valence-corrected chi connectivity index (χ4v) is 1.60. The number of benzene rings is 1. The van der Waals surface area contributed by atoms with Crippen LogP contribution in [-0.4, -0.2) is 22.2 Å². The van der Waals surface area contributed by atoms with Crippen LogP contribution in [0.5, 0.6) is 5.75 Å². The highest BCUT2D eigenvalue weighted by Crippen LogP contribution is 2.27. The van der Waals surface area contributed by atoms with Crippen molar-refractivity contribution in [1.82, 2.24) is 9.97 Å². The number of rotatable bonds is 4. The Morgan fingerprint density at radius 3 is 2.81 bits per heavy atom. The number of nitrogens with zero attached hydrogens (tertiary/aromatic N) is 1. The number of alkyl halides is 3. The monoisotopic (exact) mass is 296 g/mol. The van der Waals surface area contributed by atoms with Gasteiger partial charge in [0.2, 0.25) is 0 Å². The fourth-order valence-electron chi connectivity index (χ4n) is 1.60. The molecule has 2 aromatic rings. The molecule has 0 amide bonds. The molecule has 0 saturated carbocycles. The average molecular weight is 296 g/mol. The Morgan fingerprint density at radius 2 is 2.14 bits per heavy atom. The quantitative estimate of drug-likeness (QED) is 0.598. The summed E-state index contributed by atoms with van der Waals surface area (Å²) in [5, 5.41) is 7.05. The van der Waals surface area contributed by atoms with Crippen molar-refractivity contribution in [2.75, 3.05) is 0 Å². The van der Waals surface area contributed by atoms with E-state index in [9.17, 15) is 13.2 Å². The minimum atomic E-state index is -4.73. The summed E-state index contributed by atoms with van der Waals surface area (Å²) in [6, 6.07) is 5.53. The molecule has 0 unspecified atom stereocenters. The number of nitrogens with one attached hydrogen (secondary N) is 2. The molecular weight excluding hydrogens is 285 g/mol. The molecule has 110 valence electrons. The van der Waals surface area contributed by atoms with E-state index >= 15 is 0 Å². The normalized spacial score (nSPS) is 11.8. The van der Waals surface area contributed by atoms with Crippen molar-refractivity contribution in [2.24, 2.45) is 5.73 Å². The van der Waals surface area contributed by atoms with Crippen LogP contribution in [0, 0.1) is 5.41 Å². The molecule has 2 rings (SSSR count). The first-order valence-corrected chi connectivity index (χ1v) is 5.77. The van der Waals surface area contributed by atoms with Crippen LogP contribution in [0.1, 0.15) is 5.82 Å². The molecular formula is C13H11F3N4O. The van der Waals surface area contributed by atoms with Gasteiger partial charge in [-0.15, -0.1) is 13.2 Å². The number of nitrogens with two attached hydrogens (primary N) is 1. The Hall–Kier alpha value is -2.77. The van der Waals surface area contributed by atoms with Gasteiger partial charge in [-0.25, -0.2) is 4.98 Å². The number of H-pyrrole nitrogens is 1. The number of halogens is 3. The number of aromatic amines is 1. The van der Waals surface area contributed by atoms with Gasteiger partial charge in [-0.3, -0.25) is 5.41 Å². The summed E-state index contributed by atoms with van der Waals surface area (Å²) in [4.78, 5) is 6.90. The van der Waals surface area contributed by atoms with E-state index in [0.717, 1.165) is 0 Å². The predicted molar refractivity (Wildman–Crippen MR) is 71.7 cm³/mol. The van der Waals surface area contributed by atoms with Crippen LogP contribution in [0.15, 0.2) is 36.5 Å². The van der Waals surface area contributed by atoms with E-state index < -0.39 is 6.36 Å². The van der Waals surface area contributed by atoms with Crippen LogP contribution < -0.4 is 10.5 Å². The number of hydrogen-bond acceptors (Lipinski definition) is 3. The smallest absolute Gasteiger partial charge is 0.406 e. The van der Waals surface area contributed by atoms with Gasteiger partial charge < -0.3 is 15.5 Å². The summed E-state index contributed by atoms with van der Waals surface area (Å²) in [6.07, 6.45) is -0.442. The third kappa shape index (κ3) is 4.37. The summed E-state index contributed by atoms with van der Waals surface area (Å²) in [5.74, 6) is -0.00806. The number of ether oxygens (including phenoxy) is 1. The molecule has 0 aliphatic rings. The van der Waals surface area contributed by atoms with Crippen LogP contribution in [-0.2, 0) is 0 Å². The van der Waals surface area contributed by atoms with Crippen molar-refractivity contribution in [3.05, 3.63) is 42.4 Å². The van der Waals surface area contributed by atoms with E-state index in [0.29, 0.717) is 17.1 Å². The Morgan fingerprint density at radius 1 is 1.38 bits per heavy atom. The summed E-state index contributed by atoms with van der Waals surface area (Å²) in [5.41, 5.74) is 6.18. The zero-order chi connectivity index (χ0) is 15.5. The first-order chi connectivity index (χ1) is 9.83. The maximum absolute atomic E-state index is 12.2. The van der Waals surface area contributed by atoms with Gasteiger partial charge in [0.05, 0.1) is 11.9 Å². The van der Waals surface area contributed by atoms with Gasteiger partial charge in [-0.1, -0.05) is 12.1 Å². The number of amidine groups is 1. The molecule has 0 spiro atoms. The summed E-state index contributed by atoms with van der Waals surface area (Å²) in [6.45, 7) is 0. The van der Waals surface area contributed by atoms with Crippen molar-refractivity contribution >= 4 is 11.9 Å². The molecule has 1 aromatic heterocycles. The minimum absolute atomic E-state index is 0.131. The van der Waals surface area contributed by atoms with Gasteiger partial charge >= 0.3 is 6.36 Å². The number of aromatic nitrogens is 2. The molecule has 8 heteroatoms. The second-order valence-corrected chi connectivity index (χ2v) is 4.05. The molecule has 0 aliphatic carbocycles. The lowest BCUT2D eigenvalue weighted by Crippen LogP contribution is -2.17. The van der Waals surface area contributed by atoms with Crippen LogP contribution in [0.3, 0.4) is 0 Å². The van der Waals surface area contributed by atoms with Crippen LogP contribution in [0.4, 0.5) is 13.2 Å². The molecule has 1 heterocycles. The van der Waals surface area contributed by atoms with Gasteiger partial charge in [-0.2, -0.15) is 0 Å². The third-order valence-electron chi connectivity index (χ3n) is 2.39. The highest BCUT2D eigenvalue weighted by molar-refractivity contribution is 5.92. The van der Waals surface area contributed by atoms with E-state index in [-0.39, 0.29) is 11.6 Å². The van der Waals surface area contributed by atoms with Crippen LogP contribution in [0.2, 0.25) is 0 Å². The van der Waals surface area contributed by atoms with Crippen molar-refractivity contribution in [2.45, 2.75) is 6.36 Å². The molecule has 1 aromatic carbocycles. The average Bonchev–Trinajstić information content (AvgIpc) is 2.83. The zero-order valence-corrected chi connectivity index (χ0v) is 10.6. The van der Waals surface area contributed by atoms with E-state index in [4.69, 9.17) is 11.1 Å². The molecule has 0 bridgehead atoms. The van der Waals surface area contributed by atoms with Crippen molar-refractivity contribution in [3.63, 3.8) is 0 Å². The van der Waals surface area contributed by atoms with E-state index in [2.05, 4.69) is 14.7 Å². The Bertz CT molecular complexity index is 676. The molecule has 0 aliphatic heterocycles. The highest BCUT2D eigenvalue weighted by atomic mass is 19.4. The summed E-state index contributed by atoms with van der Waals surface area (Å²) >= 11 is 0. The van der Waals surface area contributed by atoms with Gasteiger partial charge in [0.1, 0.15) is 17.4 Å². The minimum Gasteiger partial charge on any atom is -0.406 e. The van der Waals surface area contributed by atoms with Crippen molar-refractivity contribution in [1.29, 1.82) is 5.41 Å². The lowest BCUT2D eigenvalue weighted by molar-refractivity contribution is -0.274.